The molecular formula is C27H36N2O5. The molecule has 1 aromatic carbocycles. The summed E-state index contributed by atoms with van der Waals surface area (Å²) in [4.78, 5) is 31.7. The number of fused-ring (bicyclic) bond motifs is 1. The molecular weight excluding hydrogens is 432 g/mol. The highest BCUT2D eigenvalue weighted by molar-refractivity contribution is 6.11. The largest absolute Gasteiger partial charge is 0.497 e. The highest BCUT2D eigenvalue weighted by Crippen LogP contribution is 2.48. The molecule has 5 atom stereocenters. The van der Waals surface area contributed by atoms with E-state index in [1.807, 2.05) is 29.2 Å². The van der Waals surface area contributed by atoms with Crippen LogP contribution in [0.15, 0.2) is 35.6 Å². The lowest BCUT2D eigenvalue weighted by molar-refractivity contribution is -0.137. The molecule has 0 spiro atoms. The summed E-state index contributed by atoms with van der Waals surface area (Å²) < 4.78 is 17.3. The van der Waals surface area contributed by atoms with Crippen molar-refractivity contribution in [2.24, 2.45) is 17.8 Å². The Morgan fingerprint density at radius 2 is 1.82 bits per heavy atom. The van der Waals surface area contributed by atoms with Gasteiger partial charge in [0.25, 0.3) is 5.91 Å². The minimum atomic E-state index is -0.426. The number of ketones is 1. The SMILES string of the molecule is COc1cccc(C2C3=C(OC4CC(C)C(C)CC4C3=O)C(=O)N2CCCN2CCOCC2)c1. The molecule has 184 valence electrons. The molecule has 4 aliphatic rings. The average molecular weight is 469 g/mol. The number of amides is 1. The number of carbonyl (C=O) groups excluding carboxylic acids is 2. The van der Waals surface area contributed by atoms with Crippen LogP contribution in [0.25, 0.3) is 0 Å². The highest BCUT2D eigenvalue weighted by atomic mass is 16.5. The molecule has 3 heterocycles. The number of hydrogen-bond donors (Lipinski definition) is 0. The number of methoxy groups -OCH3 is 1. The van der Waals surface area contributed by atoms with Gasteiger partial charge in [0.2, 0.25) is 0 Å². The van der Waals surface area contributed by atoms with Gasteiger partial charge in [0, 0.05) is 26.2 Å². The molecule has 1 amide bonds. The first kappa shape index (κ1) is 23.4. The van der Waals surface area contributed by atoms with Gasteiger partial charge in [0.05, 0.1) is 37.9 Å². The molecule has 1 saturated heterocycles. The molecule has 1 aliphatic carbocycles. The van der Waals surface area contributed by atoms with E-state index in [9.17, 15) is 9.59 Å². The first-order valence-electron chi connectivity index (χ1n) is 12.7. The maximum absolute atomic E-state index is 13.9. The van der Waals surface area contributed by atoms with Crippen LogP contribution in [0.2, 0.25) is 0 Å². The summed E-state index contributed by atoms with van der Waals surface area (Å²) in [5, 5.41) is 0. The normalized spacial score (nSPS) is 31.9. The van der Waals surface area contributed by atoms with Gasteiger partial charge in [-0.1, -0.05) is 26.0 Å². The molecule has 34 heavy (non-hydrogen) atoms. The Hall–Kier alpha value is -2.38. The first-order chi connectivity index (χ1) is 16.5. The van der Waals surface area contributed by atoms with Gasteiger partial charge in [-0.25, -0.2) is 0 Å². The fourth-order valence-electron chi connectivity index (χ4n) is 5.99. The molecule has 5 rings (SSSR count). The van der Waals surface area contributed by atoms with Crippen molar-refractivity contribution in [1.29, 1.82) is 0 Å². The summed E-state index contributed by atoms with van der Waals surface area (Å²) in [5.74, 6) is 1.73. The van der Waals surface area contributed by atoms with E-state index in [0.717, 1.165) is 63.4 Å². The van der Waals surface area contributed by atoms with Crippen LogP contribution in [0.4, 0.5) is 0 Å². The number of carbonyl (C=O) groups is 2. The predicted molar refractivity (Wildman–Crippen MR) is 127 cm³/mol. The van der Waals surface area contributed by atoms with E-state index in [-0.39, 0.29) is 29.5 Å². The highest BCUT2D eigenvalue weighted by Gasteiger charge is 2.53. The van der Waals surface area contributed by atoms with Crippen LogP contribution in [0.3, 0.4) is 0 Å². The van der Waals surface area contributed by atoms with Crippen LogP contribution in [0.5, 0.6) is 5.75 Å². The topological polar surface area (TPSA) is 68.3 Å². The molecule has 2 fully saturated rings. The van der Waals surface area contributed by atoms with Crippen molar-refractivity contribution in [2.45, 2.75) is 45.3 Å². The van der Waals surface area contributed by atoms with Gasteiger partial charge < -0.3 is 19.1 Å². The van der Waals surface area contributed by atoms with E-state index in [0.29, 0.717) is 24.0 Å². The van der Waals surface area contributed by atoms with E-state index in [1.165, 1.54) is 0 Å². The number of nitrogens with zero attached hydrogens (tertiary/aromatic N) is 2. The fraction of sp³-hybridized carbons (Fsp3) is 0.630. The lowest BCUT2D eigenvalue weighted by Crippen LogP contribution is -2.43. The Morgan fingerprint density at radius 3 is 2.59 bits per heavy atom. The summed E-state index contributed by atoms with van der Waals surface area (Å²) in [7, 11) is 1.63. The molecule has 5 unspecified atom stereocenters. The van der Waals surface area contributed by atoms with Crippen LogP contribution < -0.4 is 4.74 Å². The number of hydrogen-bond acceptors (Lipinski definition) is 6. The van der Waals surface area contributed by atoms with Gasteiger partial charge in [0.1, 0.15) is 11.9 Å². The standard InChI is InChI=1S/C27H36N2O5/c1-17-14-21-22(15-18(17)2)34-26-23(25(21)30)24(19-6-4-7-20(16-19)32-3)29(27(26)31)9-5-8-28-10-12-33-13-11-28/h4,6-7,16-18,21-22,24H,5,8-15H2,1-3H3. The van der Waals surface area contributed by atoms with Crippen LogP contribution in [-0.2, 0) is 19.1 Å². The Labute approximate surface area is 202 Å². The number of morpholine rings is 1. The molecule has 0 aromatic heterocycles. The monoisotopic (exact) mass is 468 g/mol. The van der Waals surface area contributed by atoms with Gasteiger partial charge in [-0.3, -0.25) is 14.5 Å². The van der Waals surface area contributed by atoms with E-state index in [4.69, 9.17) is 14.2 Å². The maximum Gasteiger partial charge on any atom is 0.290 e. The number of rotatable bonds is 6. The molecule has 7 nitrogen and oxygen atoms in total. The first-order valence-corrected chi connectivity index (χ1v) is 12.7. The van der Waals surface area contributed by atoms with Gasteiger partial charge in [-0.15, -0.1) is 0 Å². The molecule has 0 radical (unpaired) electrons. The van der Waals surface area contributed by atoms with Crippen LogP contribution in [0, 0.1) is 17.8 Å². The minimum Gasteiger partial charge on any atom is -0.497 e. The Morgan fingerprint density at radius 1 is 1.06 bits per heavy atom. The number of benzene rings is 1. The number of ether oxygens (including phenoxy) is 3. The lowest BCUT2D eigenvalue weighted by Gasteiger charge is -2.40. The van der Waals surface area contributed by atoms with Crippen molar-refractivity contribution in [3.8, 4) is 5.75 Å². The zero-order chi connectivity index (χ0) is 23.8. The van der Waals surface area contributed by atoms with E-state index < -0.39 is 6.04 Å². The lowest BCUT2D eigenvalue weighted by atomic mass is 9.70. The van der Waals surface area contributed by atoms with Crippen molar-refractivity contribution in [2.75, 3.05) is 46.5 Å². The minimum absolute atomic E-state index is 0.0989. The number of Topliss-reactive ketones (excluding diaryl/α,β-unsaturated/α-hetero) is 1. The summed E-state index contributed by atoms with van der Waals surface area (Å²) in [6.07, 6.45) is 2.28. The van der Waals surface area contributed by atoms with Crippen LogP contribution >= 0.6 is 0 Å². The van der Waals surface area contributed by atoms with Gasteiger partial charge in [-0.05, 0) is 48.8 Å². The smallest absolute Gasteiger partial charge is 0.290 e. The predicted octanol–water partition coefficient (Wildman–Crippen LogP) is 3.21. The second kappa shape index (κ2) is 9.70. The second-order valence-electron chi connectivity index (χ2n) is 10.3. The second-order valence-corrected chi connectivity index (χ2v) is 10.3. The molecule has 0 bridgehead atoms. The average Bonchev–Trinajstić information content (AvgIpc) is 3.13. The van der Waals surface area contributed by atoms with E-state index in [2.05, 4.69) is 18.7 Å². The Kier molecular flexibility index (Phi) is 6.67. The Balaban J connectivity index is 1.44. The van der Waals surface area contributed by atoms with Crippen LogP contribution in [-0.4, -0.2) is 74.1 Å². The summed E-state index contributed by atoms with van der Waals surface area (Å²) in [6, 6.07) is 7.30. The maximum atomic E-state index is 13.9. The third-order valence-electron chi connectivity index (χ3n) is 8.19. The van der Waals surface area contributed by atoms with Gasteiger partial charge >= 0.3 is 0 Å². The van der Waals surface area contributed by atoms with Crippen molar-refractivity contribution >= 4 is 11.7 Å². The van der Waals surface area contributed by atoms with E-state index >= 15 is 0 Å². The van der Waals surface area contributed by atoms with E-state index in [1.54, 1.807) is 7.11 Å². The van der Waals surface area contributed by atoms with Crippen molar-refractivity contribution < 1.29 is 23.8 Å². The molecule has 1 aromatic rings. The zero-order valence-corrected chi connectivity index (χ0v) is 20.5. The summed E-state index contributed by atoms with van der Waals surface area (Å²) in [5.41, 5.74) is 1.45. The Bertz CT molecular complexity index is 970. The molecule has 3 aliphatic heterocycles. The summed E-state index contributed by atoms with van der Waals surface area (Å²) >= 11 is 0. The van der Waals surface area contributed by atoms with Crippen LogP contribution in [0.1, 0.15) is 44.7 Å². The molecule has 1 saturated carbocycles. The van der Waals surface area contributed by atoms with Crippen molar-refractivity contribution in [3.63, 3.8) is 0 Å². The summed E-state index contributed by atoms with van der Waals surface area (Å²) in [6.45, 7) is 9.26. The van der Waals surface area contributed by atoms with Crippen molar-refractivity contribution in [3.05, 3.63) is 41.2 Å². The molecule has 7 heteroatoms. The third kappa shape index (κ3) is 4.24. The fourth-order valence-corrected chi connectivity index (χ4v) is 5.99. The quantitative estimate of drug-likeness (QED) is 0.639. The van der Waals surface area contributed by atoms with Gasteiger partial charge in [-0.2, -0.15) is 0 Å². The van der Waals surface area contributed by atoms with Crippen molar-refractivity contribution in [1.82, 2.24) is 9.80 Å². The molecule has 0 N–H and O–H groups in total. The zero-order valence-electron chi connectivity index (χ0n) is 20.5. The van der Waals surface area contributed by atoms with Gasteiger partial charge in [0.15, 0.2) is 11.5 Å². The third-order valence-corrected chi connectivity index (χ3v) is 8.19.